The molecule has 1 nitrogen and oxygen atoms in total. The summed E-state index contributed by atoms with van der Waals surface area (Å²) in [5, 5.41) is 3.48. The molecule has 0 aliphatic heterocycles. The van der Waals surface area contributed by atoms with E-state index in [-0.39, 0.29) is 23.1 Å². The van der Waals surface area contributed by atoms with E-state index >= 15 is 0 Å². The first-order chi connectivity index (χ1) is 8.44. The molecule has 0 radical (unpaired) electrons. The number of nitrogens with one attached hydrogen (secondary N) is 1. The molecule has 0 heterocycles. The van der Waals surface area contributed by atoms with Crippen molar-refractivity contribution >= 4 is 11.8 Å². The van der Waals surface area contributed by atoms with Crippen LogP contribution in [-0.2, 0) is 0 Å². The third kappa shape index (κ3) is 2.82. The highest BCUT2D eigenvalue weighted by Gasteiger charge is 2.50. The maximum Gasteiger partial charge on any atom is 0.441 e. The predicted octanol–water partition coefficient (Wildman–Crippen LogP) is 3.80. The average Bonchev–Trinajstić information content (AvgIpc) is 2.21. The SMILES string of the molecule is FC(F)(F)SCCNC12CC3CC(CC(C3)C1)C2. The second kappa shape index (κ2) is 4.58. The number of halogens is 3. The van der Waals surface area contributed by atoms with Crippen LogP contribution in [-0.4, -0.2) is 23.3 Å². The first kappa shape index (κ1) is 13.1. The van der Waals surface area contributed by atoms with Gasteiger partial charge in [-0.1, -0.05) is 0 Å². The number of thioether (sulfide) groups is 1. The summed E-state index contributed by atoms with van der Waals surface area (Å²) in [6.07, 6.45) is 7.73. The van der Waals surface area contributed by atoms with Crippen LogP contribution in [0, 0.1) is 17.8 Å². The molecule has 18 heavy (non-hydrogen) atoms. The van der Waals surface area contributed by atoms with E-state index in [9.17, 15) is 13.2 Å². The lowest BCUT2D eigenvalue weighted by Crippen LogP contribution is -2.58. The fraction of sp³-hybridized carbons (Fsp3) is 1.00. The summed E-state index contributed by atoms with van der Waals surface area (Å²) < 4.78 is 36.2. The van der Waals surface area contributed by atoms with E-state index in [1.165, 1.54) is 38.5 Å². The lowest BCUT2D eigenvalue weighted by molar-refractivity contribution is -0.0333. The van der Waals surface area contributed by atoms with Gasteiger partial charge >= 0.3 is 5.51 Å². The molecule has 0 atom stereocenters. The van der Waals surface area contributed by atoms with Gasteiger partial charge in [-0.05, 0) is 68.0 Å². The van der Waals surface area contributed by atoms with Gasteiger partial charge in [-0.25, -0.2) is 0 Å². The van der Waals surface area contributed by atoms with Crippen LogP contribution in [0.15, 0.2) is 0 Å². The van der Waals surface area contributed by atoms with Crippen molar-refractivity contribution in [2.75, 3.05) is 12.3 Å². The summed E-state index contributed by atoms with van der Waals surface area (Å²) >= 11 is 0.0997. The summed E-state index contributed by atoms with van der Waals surface area (Å²) in [7, 11) is 0. The minimum absolute atomic E-state index is 0.0997. The van der Waals surface area contributed by atoms with E-state index in [2.05, 4.69) is 5.32 Å². The topological polar surface area (TPSA) is 12.0 Å². The van der Waals surface area contributed by atoms with Crippen LogP contribution in [0.3, 0.4) is 0 Å². The van der Waals surface area contributed by atoms with Crippen molar-refractivity contribution in [1.82, 2.24) is 5.32 Å². The number of hydrogen-bond acceptors (Lipinski definition) is 2. The maximum absolute atomic E-state index is 12.1. The van der Waals surface area contributed by atoms with Crippen LogP contribution in [0.2, 0.25) is 0 Å². The molecule has 0 aromatic rings. The molecule has 0 saturated heterocycles. The molecule has 4 saturated carbocycles. The van der Waals surface area contributed by atoms with Gasteiger partial charge < -0.3 is 5.32 Å². The second-order valence-corrected chi connectivity index (χ2v) is 7.58. The Kier molecular flexibility index (Phi) is 3.34. The van der Waals surface area contributed by atoms with Crippen LogP contribution in [0.5, 0.6) is 0 Å². The van der Waals surface area contributed by atoms with Crippen molar-refractivity contribution in [3.05, 3.63) is 0 Å². The van der Waals surface area contributed by atoms with E-state index in [1.54, 1.807) is 0 Å². The highest BCUT2D eigenvalue weighted by molar-refractivity contribution is 8.00. The second-order valence-electron chi connectivity index (χ2n) is 6.42. The summed E-state index contributed by atoms with van der Waals surface area (Å²) in [6, 6.07) is 0. The molecule has 0 aromatic carbocycles. The molecule has 0 spiro atoms. The van der Waals surface area contributed by atoms with E-state index < -0.39 is 5.51 Å². The molecule has 4 rings (SSSR count). The Labute approximate surface area is 110 Å². The highest BCUT2D eigenvalue weighted by Crippen LogP contribution is 2.55. The molecule has 1 N–H and O–H groups in total. The van der Waals surface area contributed by atoms with Crippen molar-refractivity contribution < 1.29 is 13.2 Å². The molecule has 4 aliphatic rings. The van der Waals surface area contributed by atoms with E-state index in [0.29, 0.717) is 6.54 Å². The van der Waals surface area contributed by atoms with Gasteiger partial charge in [-0.15, -0.1) is 0 Å². The smallest absolute Gasteiger partial charge is 0.310 e. The van der Waals surface area contributed by atoms with Crippen molar-refractivity contribution in [2.24, 2.45) is 17.8 Å². The van der Waals surface area contributed by atoms with Crippen molar-refractivity contribution in [3.8, 4) is 0 Å². The van der Waals surface area contributed by atoms with Gasteiger partial charge in [0.2, 0.25) is 0 Å². The highest BCUT2D eigenvalue weighted by atomic mass is 32.2. The van der Waals surface area contributed by atoms with Gasteiger partial charge in [0, 0.05) is 17.8 Å². The number of rotatable bonds is 4. The molecule has 0 aromatic heterocycles. The summed E-state index contributed by atoms with van der Waals surface area (Å²) in [6.45, 7) is 0.496. The van der Waals surface area contributed by atoms with Gasteiger partial charge in [0.05, 0.1) is 0 Å². The summed E-state index contributed by atoms with van der Waals surface area (Å²) in [5.74, 6) is 2.68. The largest absolute Gasteiger partial charge is 0.441 e. The average molecular weight is 279 g/mol. The molecule has 4 aliphatic carbocycles. The Morgan fingerprint density at radius 2 is 1.50 bits per heavy atom. The van der Waals surface area contributed by atoms with E-state index in [0.717, 1.165) is 17.8 Å². The molecule has 0 amide bonds. The Hall–Kier alpha value is 0.1000. The van der Waals surface area contributed by atoms with Crippen LogP contribution in [0.1, 0.15) is 38.5 Å². The third-order valence-corrected chi connectivity index (χ3v) is 5.64. The van der Waals surface area contributed by atoms with E-state index in [1.807, 2.05) is 0 Å². The minimum atomic E-state index is -4.08. The van der Waals surface area contributed by atoms with Gasteiger partial charge in [-0.3, -0.25) is 0 Å². The van der Waals surface area contributed by atoms with Crippen molar-refractivity contribution in [2.45, 2.75) is 49.6 Å². The molecule has 104 valence electrons. The predicted molar refractivity (Wildman–Crippen MR) is 67.4 cm³/mol. The fourth-order valence-electron chi connectivity index (χ4n) is 4.81. The lowest BCUT2D eigenvalue weighted by atomic mass is 9.53. The molecule has 4 bridgehead atoms. The number of hydrogen-bond donors (Lipinski definition) is 1. The summed E-state index contributed by atoms with van der Waals surface area (Å²) in [5.41, 5.74) is -3.88. The molecule has 0 unspecified atom stereocenters. The Morgan fingerprint density at radius 3 is 1.94 bits per heavy atom. The standard InChI is InChI=1S/C13H20F3NS/c14-13(15,16)18-2-1-17-12-6-9-3-10(7-12)5-11(4-9)8-12/h9-11,17H,1-8H2. The fourth-order valence-corrected chi connectivity index (χ4v) is 5.25. The first-order valence-electron chi connectivity index (χ1n) is 6.90. The maximum atomic E-state index is 12.1. The molecule has 5 heteroatoms. The normalized spacial score (nSPS) is 42.5. The zero-order valence-corrected chi connectivity index (χ0v) is 11.2. The molecular formula is C13H20F3NS. The van der Waals surface area contributed by atoms with Gasteiger partial charge in [0.15, 0.2) is 0 Å². The van der Waals surface area contributed by atoms with Crippen LogP contribution < -0.4 is 5.32 Å². The van der Waals surface area contributed by atoms with Crippen LogP contribution in [0.25, 0.3) is 0 Å². The minimum Gasteiger partial charge on any atom is -0.310 e. The van der Waals surface area contributed by atoms with Gasteiger partial charge in [-0.2, -0.15) is 13.2 Å². The summed E-state index contributed by atoms with van der Waals surface area (Å²) in [4.78, 5) is 0. The van der Waals surface area contributed by atoms with Gasteiger partial charge in [0.25, 0.3) is 0 Å². The third-order valence-electron chi connectivity index (χ3n) is 4.91. The zero-order chi connectivity index (χ0) is 12.8. The van der Waals surface area contributed by atoms with Crippen LogP contribution in [0.4, 0.5) is 13.2 Å². The quantitative estimate of drug-likeness (QED) is 0.786. The molecular weight excluding hydrogens is 259 g/mol. The van der Waals surface area contributed by atoms with E-state index in [4.69, 9.17) is 0 Å². The monoisotopic (exact) mass is 279 g/mol. The Bertz CT molecular complexity index is 281. The van der Waals surface area contributed by atoms with Crippen molar-refractivity contribution in [3.63, 3.8) is 0 Å². The molecule has 4 fully saturated rings. The van der Waals surface area contributed by atoms with Crippen LogP contribution >= 0.6 is 11.8 Å². The Morgan fingerprint density at radius 1 is 1.00 bits per heavy atom. The van der Waals surface area contributed by atoms with Gasteiger partial charge in [0.1, 0.15) is 0 Å². The Balaban J connectivity index is 1.50. The first-order valence-corrected chi connectivity index (χ1v) is 7.88. The zero-order valence-electron chi connectivity index (χ0n) is 10.4. The number of alkyl halides is 3. The van der Waals surface area contributed by atoms with Crippen molar-refractivity contribution in [1.29, 1.82) is 0 Å². The lowest BCUT2D eigenvalue weighted by Gasteiger charge is -2.57.